The molecule has 1 aromatic heterocycles. The minimum Gasteiger partial charge on any atom is -0.396 e. The van der Waals surface area contributed by atoms with Gasteiger partial charge in [0.25, 0.3) is 0 Å². The van der Waals surface area contributed by atoms with E-state index in [-0.39, 0.29) is 0 Å². The summed E-state index contributed by atoms with van der Waals surface area (Å²) in [6, 6.07) is 4.03. The number of halogens is 3. The number of piperazine rings is 1. The van der Waals surface area contributed by atoms with Gasteiger partial charge in [0.2, 0.25) is 0 Å². The molecule has 0 spiro atoms. The van der Waals surface area contributed by atoms with Crippen LogP contribution < -0.4 is 4.90 Å². The van der Waals surface area contributed by atoms with Crippen molar-refractivity contribution in [3.8, 4) is 0 Å². The smallest absolute Gasteiger partial charge is 0.396 e. The number of benzene rings is 1. The van der Waals surface area contributed by atoms with Gasteiger partial charge in [-0.1, -0.05) is 6.07 Å². The van der Waals surface area contributed by atoms with E-state index in [9.17, 15) is 13.2 Å². The van der Waals surface area contributed by atoms with Gasteiger partial charge < -0.3 is 10.0 Å². The summed E-state index contributed by atoms with van der Waals surface area (Å²) in [5, 5.41) is 12.0. The fourth-order valence-corrected chi connectivity index (χ4v) is 4.71. The minimum atomic E-state index is -4.29. The van der Waals surface area contributed by atoms with E-state index in [1.54, 1.807) is 6.07 Å². The summed E-state index contributed by atoms with van der Waals surface area (Å²) in [4.78, 5) is 4.71. The lowest BCUT2D eigenvalue weighted by molar-refractivity contribution is -0.137. The number of rotatable bonds is 4. The molecule has 1 N–H and O–H groups in total. The molecule has 25 heavy (non-hydrogen) atoms. The van der Waals surface area contributed by atoms with Crippen LogP contribution in [0.15, 0.2) is 23.6 Å². The Morgan fingerprint density at radius 1 is 1.12 bits per heavy atom. The van der Waals surface area contributed by atoms with Gasteiger partial charge in [-0.3, -0.25) is 4.90 Å². The predicted molar refractivity (Wildman–Crippen MR) is 94.2 cm³/mol. The molecule has 1 aromatic carbocycles. The second-order valence-electron chi connectivity index (χ2n) is 7.06. The quantitative estimate of drug-likeness (QED) is 0.890. The van der Waals surface area contributed by atoms with Gasteiger partial charge in [0, 0.05) is 54.8 Å². The van der Waals surface area contributed by atoms with Crippen molar-refractivity contribution < 1.29 is 18.3 Å². The molecule has 0 amide bonds. The Morgan fingerprint density at radius 3 is 2.52 bits per heavy atom. The molecule has 2 heterocycles. The average Bonchev–Trinajstić information content (AvgIpc) is 3.20. The molecule has 0 radical (unpaired) electrons. The summed E-state index contributed by atoms with van der Waals surface area (Å²) < 4.78 is 39.3. The van der Waals surface area contributed by atoms with Gasteiger partial charge in [-0.25, -0.2) is 0 Å². The first kappa shape index (κ1) is 17.1. The molecule has 1 saturated heterocycles. The van der Waals surface area contributed by atoms with E-state index >= 15 is 0 Å². The Balaban J connectivity index is 1.43. The van der Waals surface area contributed by atoms with Crippen LogP contribution in [0.3, 0.4) is 0 Å². The van der Waals surface area contributed by atoms with Crippen LogP contribution in [0.1, 0.15) is 12.0 Å². The van der Waals surface area contributed by atoms with Crippen molar-refractivity contribution >= 4 is 27.1 Å². The lowest BCUT2D eigenvalue weighted by Crippen LogP contribution is -2.47. The predicted octanol–water partition coefficient (Wildman–Crippen LogP) is 3.67. The van der Waals surface area contributed by atoms with Crippen LogP contribution in [0.4, 0.5) is 18.9 Å². The van der Waals surface area contributed by atoms with Crippen molar-refractivity contribution in [3.63, 3.8) is 0 Å². The molecular weight excluding hydrogens is 349 g/mol. The molecule has 0 bridgehead atoms. The Hall–Kier alpha value is -1.31. The Kier molecular flexibility index (Phi) is 4.42. The number of thiophene rings is 1. The first-order valence-corrected chi connectivity index (χ1v) is 9.50. The van der Waals surface area contributed by atoms with E-state index in [1.165, 1.54) is 23.5 Å². The highest BCUT2D eigenvalue weighted by atomic mass is 32.1. The van der Waals surface area contributed by atoms with Crippen LogP contribution in [0.5, 0.6) is 0 Å². The Bertz CT molecular complexity index is 752. The van der Waals surface area contributed by atoms with Crippen LogP contribution in [0.2, 0.25) is 0 Å². The third-order valence-corrected chi connectivity index (χ3v) is 6.32. The molecule has 2 unspecified atom stereocenters. The average molecular weight is 370 g/mol. The van der Waals surface area contributed by atoms with Crippen molar-refractivity contribution in [2.45, 2.75) is 12.6 Å². The Labute approximate surface area is 148 Å². The maximum absolute atomic E-state index is 12.9. The third-order valence-electron chi connectivity index (χ3n) is 5.39. The molecule has 2 aliphatic rings. The maximum Gasteiger partial charge on any atom is 0.416 e. The van der Waals surface area contributed by atoms with Crippen LogP contribution in [-0.4, -0.2) is 49.3 Å². The summed E-state index contributed by atoms with van der Waals surface area (Å²) >= 11 is 1.38. The highest BCUT2D eigenvalue weighted by Crippen LogP contribution is 2.40. The first-order valence-electron chi connectivity index (χ1n) is 8.62. The summed E-state index contributed by atoms with van der Waals surface area (Å²) in [7, 11) is 0. The molecule has 7 heteroatoms. The number of anilines is 1. The van der Waals surface area contributed by atoms with E-state index in [1.807, 2.05) is 5.38 Å². The van der Waals surface area contributed by atoms with Crippen molar-refractivity contribution in [3.05, 3.63) is 29.1 Å². The molecule has 3 nitrogen and oxygen atoms in total. The van der Waals surface area contributed by atoms with Gasteiger partial charge in [-0.05, 0) is 30.4 Å². The molecular formula is C18H21F3N2OS. The molecule has 4 rings (SSSR count). The second-order valence-corrected chi connectivity index (χ2v) is 7.97. The lowest BCUT2D eigenvalue weighted by Gasteiger charge is -2.36. The molecule has 1 aliphatic heterocycles. The zero-order valence-corrected chi connectivity index (χ0v) is 14.6. The lowest BCUT2D eigenvalue weighted by atomic mass is 10.1. The van der Waals surface area contributed by atoms with Crippen LogP contribution >= 0.6 is 11.3 Å². The highest BCUT2D eigenvalue weighted by molar-refractivity contribution is 7.17. The van der Waals surface area contributed by atoms with E-state index in [0.717, 1.165) is 50.2 Å². The summed E-state index contributed by atoms with van der Waals surface area (Å²) in [6.07, 6.45) is -3.16. The molecule has 1 saturated carbocycles. The molecule has 2 atom stereocenters. The second kappa shape index (κ2) is 6.45. The monoisotopic (exact) mass is 370 g/mol. The zero-order valence-electron chi connectivity index (χ0n) is 13.8. The number of aliphatic hydroxyl groups is 1. The summed E-state index contributed by atoms with van der Waals surface area (Å²) in [5.41, 5.74) is 0.467. The van der Waals surface area contributed by atoms with E-state index in [2.05, 4.69) is 9.80 Å². The molecule has 2 fully saturated rings. The van der Waals surface area contributed by atoms with Crippen molar-refractivity contribution in [1.82, 2.24) is 4.90 Å². The summed E-state index contributed by atoms with van der Waals surface area (Å²) in [5.74, 6) is 1.13. The van der Waals surface area contributed by atoms with Gasteiger partial charge in [0.1, 0.15) is 0 Å². The molecule has 2 aromatic rings. The van der Waals surface area contributed by atoms with Crippen LogP contribution in [0.25, 0.3) is 10.1 Å². The van der Waals surface area contributed by atoms with Gasteiger partial charge in [0.05, 0.1) is 11.3 Å². The largest absolute Gasteiger partial charge is 0.416 e. The normalized spacial score (nSPS) is 24.9. The SMILES string of the molecule is OCC1CC1CN1CCN(c2csc3cc(C(F)(F)F)ccc23)CC1. The zero-order chi connectivity index (χ0) is 17.6. The van der Waals surface area contributed by atoms with Gasteiger partial charge in [-0.15, -0.1) is 11.3 Å². The standard InChI is InChI=1S/C18H21F3N2OS/c19-18(20,21)14-1-2-15-16(11-25-17(15)8-14)23-5-3-22(4-6-23)9-12-7-13(12)10-24/h1-2,8,11-13,24H,3-7,9-10H2. The van der Waals surface area contributed by atoms with Crippen molar-refractivity contribution in [1.29, 1.82) is 0 Å². The number of aliphatic hydroxyl groups excluding tert-OH is 1. The molecule has 1 aliphatic carbocycles. The third kappa shape index (κ3) is 3.50. The topological polar surface area (TPSA) is 26.7 Å². The van der Waals surface area contributed by atoms with E-state index < -0.39 is 11.7 Å². The fourth-order valence-electron chi connectivity index (χ4n) is 3.70. The van der Waals surface area contributed by atoms with Gasteiger partial charge in [-0.2, -0.15) is 13.2 Å². The fraction of sp³-hybridized carbons (Fsp3) is 0.556. The number of nitrogens with zero attached hydrogens (tertiary/aromatic N) is 2. The van der Waals surface area contributed by atoms with E-state index in [0.29, 0.717) is 23.1 Å². The minimum absolute atomic E-state index is 0.297. The Morgan fingerprint density at radius 2 is 1.88 bits per heavy atom. The highest BCUT2D eigenvalue weighted by Gasteiger charge is 2.38. The number of fused-ring (bicyclic) bond motifs is 1. The number of hydrogen-bond donors (Lipinski definition) is 1. The van der Waals surface area contributed by atoms with E-state index in [4.69, 9.17) is 5.11 Å². The maximum atomic E-state index is 12.9. The van der Waals surface area contributed by atoms with Crippen molar-refractivity contribution in [2.24, 2.45) is 11.8 Å². The van der Waals surface area contributed by atoms with Crippen molar-refractivity contribution in [2.75, 3.05) is 44.2 Å². The van der Waals surface area contributed by atoms with Crippen LogP contribution in [0, 0.1) is 11.8 Å². The van der Waals surface area contributed by atoms with Crippen LogP contribution in [-0.2, 0) is 6.18 Å². The number of hydrogen-bond acceptors (Lipinski definition) is 4. The number of alkyl halides is 3. The summed E-state index contributed by atoms with van der Waals surface area (Å²) in [6.45, 7) is 5.07. The first-order chi connectivity index (χ1) is 12.0. The van der Waals surface area contributed by atoms with Gasteiger partial charge >= 0.3 is 6.18 Å². The van der Waals surface area contributed by atoms with Gasteiger partial charge in [0.15, 0.2) is 0 Å². The molecule has 136 valence electrons.